The predicted octanol–water partition coefficient (Wildman–Crippen LogP) is 1.08. The third-order valence-corrected chi connectivity index (χ3v) is 1.53. The van der Waals surface area contributed by atoms with Gasteiger partial charge in [0, 0.05) is 11.6 Å². The van der Waals surface area contributed by atoms with Crippen LogP contribution in [-0.2, 0) is 0 Å². The summed E-state index contributed by atoms with van der Waals surface area (Å²) >= 11 is 0. The quantitative estimate of drug-likeness (QED) is 0.720. The summed E-state index contributed by atoms with van der Waals surface area (Å²) in [6.45, 7) is 0. The molecule has 0 bridgehead atoms. The van der Waals surface area contributed by atoms with Crippen molar-refractivity contribution in [2.24, 2.45) is 0 Å². The minimum atomic E-state index is -1.06. The van der Waals surface area contributed by atoms with Crippen LogP contribution >= 0.6 is 12.4 Å². The highest BCUT2D eigenvalue weighted by molar-refractivity contribution is 5.89. The molecule has 2 aromatic rings. The second-order valence-corrected chi connectivity index (χ2v) is 2.32. The SMILES string of the molecule is Cl.O=C(O)c1cc2cc[nH]c2nn1. The van der Waals surface area contributed by atoms with E-state index in [0.717, 1.165) is 5.39 Å². The lowest BCUT2D eigenvalue weighted by atomic mass is 10.3. The summed E-state index contributed by atoms with van der Waals surface area (Å²) in [6.07, 6.45) is 1.69. The van der Waals surface area contributed by atoms with Crippen molar-refractivity contribution < 1.29 is 9.90 Å². The monoisotopic (exact) mass is 199 g/mol. The van der Waals surface area contributed by atoms with Crippen LogP contribution in [-0.4, -0.2) is 26.3 Å². The van der Waals surface area contributed by atoms with E-state index in [9.17, 15) is 4.79 Å². The number of carboxylic acid groups (broad SMARTS) is 1. The standard InChI is InChI=1S/C7H5N3O2.ClH/c11-7(12)5-3-4-1-2-8-6(4)10-9-5;/h1-3H,(H,8,10)(H,11,12);1H. The van der Waals surface area contributed by atoms with Gasteiger partial charge in [0.15, 0.2) is 11.3 Å². The van der Waals surface area contributed by atoms with Crippen LogP contribution < -0.4 is 0 Å². The van der Waals surface area contributed by atoms with E-state index in [1.165, 1.54) is 6.07 Å². The first kappa shape index (κ1) is 9.47. The number of hydrogen-bond donors (Lipinski definition) is 2. The minimum Gasteiger partial charge on any atom is -0.476 e. The van der Waals surface area contributed by atoms with E-state index >= 15 is 0 Å². The lowest BCUT2D eigenvalue weighted by Gasteiger charge is -1.90. The van der Waals surface area contributed by atoms with E-state index in [4.69, 9.17) is 5.11 Å². The van der Waals surface area contributed by atoms with E-state index in [1.807, 2.05) is 0 Å². The Kier molecular flexibility index (Phi) is 2.48. The Morgan fingerprint density at radius 1 is 1.46 bits per heavy atom. The van der Waals surface area contributed by atoms with Crippen molar-refractivity contribution in [1.82, 2.24) is 15.2 Å². The van der Waals surface area contributed by atoms with Crippen molar-refractivity contribution in [3.05, 3.63) is 24.0 Å². The second-order valence-electron chi connectivity index (χ2n) is 2.32. The zero-order valence-electron chi connectivity index (χ0n) is 6.39. The third-order valence-electron chi connectivity index (χ3n) is 1.53. The molecule has 0 amide bonds. The van der Waals surface area contributed by atoms with Crippen molar-refractivity contribution in [3.8, 4) is 0 Å². The molecule has 6 heteroatoms. The molecule has 0 aliphatic rings. The maximum absolute atomic E-state index is 10.5. The Hall–Kier alpha value is -1.62. The van der Waals surface area contributed by atoms with Crippen LogP contribution in [0.15, 0.2) is 18.3 Å². The molecule has 2 heterocycles. The van der Waals surface area contributed by atoms with Gasteiger partial charge in [0.1, 0.15) is 0 Å². The molecule has 13 heavy (non-hydrogen) atoms. The molecule has 2 N–H and O–H groups in total. The number of H-pyrrole nitrogens is 1. The Morgan fingerprint density at radius 2 is 2.23 bits per heavy atom. The van der Waals surface area contributed by atoms with Crippen molar-refractivity contribution >= 4 is 29.4 Å². The molecule has 0 saturated heterocycles. The Balaban J connectivity index is 0.000000845. The van der Waals surface area contributed by atoms with Gasteiger partial charge in [-0.25, -0.2) is 4.79 Å². The van der Waals surface area contributed by atoms with Gasteiger partial charge < -0.3 is 10.1 Å². The minimum absolute atomic E-state index is 0. The maximum atomic E-state index is 10.5. The fourth-order valence-corrected chi connectivity index (χ4v) is 0.960. The Morgan fingerprint density at radius 3 is 2.92 bits per heavy atom. The first-order valence-electron chi connectivity index (χ1n) is 3.31. The highest BCUT2D eigenvalue weighted by Gasteiger charge is 2.06. The lowest BCUT2D eigenvalue weighted by molar-refractivity contribution is 0.0689. The fourth-order valence-electron chi connectivity index (χ4n) is 0.960. The number of nitrogens with one attached hydrogen (secondary N) is 1. The number of hydrogen-bond acceptors (Lipinski definition) is 3. The van der Waals surface area contributed by atoms with Crippen LogP contribution in [0.4, 0.5) is 0 Å². The molecule has 0 aliphatic heterocycles. The van der Waals surface area contributed by atoms with Crippen LogP contribution in [0.2, 0.25) is 0 Å². The van der Waals surface area contributed by atoms with Gasteiger partial charge in [0.25, 0.3) is 0 Å². The Labute approximate surface area is 79.2 Å². The summed E-state index contributed by atoms with van der Waals surface area (Å²) in [5.74, 6) is -1.06. The number of aromatic amines is 1. The van der Waals surface area contributed by atoms with E-state index < -0.39 is 5.97 Å². The van der Waals surface area contributed by atoms with Gasteiger partial charge in [0.2, 0.25) is 0 Å². The third kappa shape index (κ3) is 1.59. The zero-order chi connectivity index (χ0) is 8.55. The first-order valence-corrected chi connectivity index (χ1v) is 3.31. The van der Waals surface area contributed by atoms with Crippen LogP contribution in [0.5, 0.6) is 0 Å². The summed E-state index contributed by atoms with van der Waals surface area (Å²) in [4.78, 5) is 13.3. The van der Waals surface area contributed by atoms with Crippen LogP contribution in [0.25, 0.3) is 11.0 Å². The highest BCUT2D eigenvalue weighted by Crippen LogP contribution is 2.08. The van der Waals surface area contributed by atoms with Gasteiger partial charge in [-0.3, -0.25) is 0 Å². The van der Waals surface area contributed by atoms with Gasteiger partial charge in [-0.2, -0.15) is 0 Å². The molecule has 0 aliphatic carbocycles. The second kappa shape index (κ2) is 3.40. The molecule has 0 saturated carbocycles. The van der Waals surface area contributed by atoms with Gasteiger partial charge in [-0.15, -0.1) is 22.6 Å². The van der Waals surface area contributed by atoms with Gasteiger partial charge in [0.05, 0.1) is 0 Å². The molecule has 0 radical (unpaired) electrons. The van der Waals surface area contributed by atoms with E-state index in [0.29, 0.717) is 5.65 Å². The number of rotatable bonds is 1. The molecule has 0 fully saturated rings. The normalized spacial score (nSPS) is 9.54. The number of aromatic nitrogens is 3. The predicted molar refractivity (Wildman–Crippen MR) is 48.1 cm³/mol. The topological polar surface area (TPSA) is 78.9 Å². The van der Waals surface area contributed by atoms with Crippen LogP contribution in [0.3, 0.4) is 0 Å². The number of fused-ring (bicyclic) bond motifs is 1. The van der Waals surface area contributed by atoms with Crippen LogP contribution in [0.1, 0.15) is 10.5 Å². The number of halogens is 1. The molecular weight excluding hydrogens is 194 g/mol. The number of aromatic carboxylic acids is 1. The molecule has 2 rings (SSSR count). The Bertz CT molecular complexity index is 440. The average molecular weight is 200 g/mol. The number of carboxylic acids is 1. The van der Waals surface area contributed by atoms with E-state index in [1.54, 1.807) is 12.3 Å². The summed E-state index contributed by atoms with van der Waals surface area (Å²) in [5.41, 5.74) is 0.558. The largest absolute Gasteiger partial charge is 0.476 e. The molecular formula is C7H6ClN3O2. The number of nitrogens with zero attached hydrogens (tertiary/aromatic N) is 2. The van der Waals surface area contributed by atoms with Gasteiger partial charge >= 0.3 is 5.97 Å². The summed E-state index contributed by atoms with van der Waals surface area (Å²) in [5, 5.41) is 16.5. The molecule has 0 spiro atoms. The summed E-state index contributed by atoms with van der Waals surface area (Å²) in [6, 6.07) is 3.22. The average Bonchev–Trinajstić information content (AvgIpc) is 2.49. The lowest BCUT2D eigenvalue weighted by Crippen LogP contribution is -2.01. The molecule has 5 nitrogen and oxygen atoms in total. The molecule has 0 atom stereocenters. The van der Waals surface area contributed by atoms with Crippen molar-refractivity contribution in [2.75, 3.05) is 0 Å². The van der Waals surface area contributed by atoms with E-state index in [-0.39, 0.29) is 18.1 Å². The van der Waals surface area contributed by atoms with Crippen molar-refractivity contribution in [1.29, 1.82) is 0 Å². The highest BCUT2D eigenvalue weighted by atomic mass is 35.5. The first-order chi connectivity index (χ1) is 5.77. The fraction of sp³-hybridized carbons (Fsp3) is 0. The summed E-state index contributed by atoms with van der Waals surface area (Å²) in [7, 11) is 0. The smallest absolute Gasteiger partial charge is 0.356 e. The molecule has 2 aromatic heterocycles. The molecule has 0 unspecified atom stereocenters. The van der Waals surface area contributed by atoms with Crippen molar-refractivity contribution in [3.63, 3.8) is 0 Å². The van der Waals surface area contributed by atoms with Gasteiger partial charge in [-0.1, -0.05) is 0 Å². The number of carbonyl (C=O) groups is 1. The summed E-state index contributed by atoms with van der Waals surface area (Å²) < 4.78 is 0. The van der Waals surface area contributed by atoms with Crippen molar-refractivity contribution in [2.45, 2.75) is 0 Å². The molecule has 68 valence electrons. The van der Waals surface area contributed by atoms with Gasteiger partial charge in [-0.05, 0) is 12.1 Å². The zero-order valence-corrected chi connectivity index (χ0v) is 7.21. The van der Waals surface area contributed by atoms with E-state index in [2.05, 4.69) is 15.2 Å². The van der Waals surface area contributed by atoms with Crippen LogP contribution in [0, 0.1) is 0 Å². The maximum Gasteiger partial charge on any atom is 0.356 e. The molecule has 0 aromatic carbocycles.